The van der Waals surface area contributed by atoms with Gasteiger partial charge in [0.2, 0.25) is 0 Å². The predicted octanol–water partition coefficient (Wildman–Crippen LogP) is 3.78. The summed E-state index contributed by atoms with van der Waals surface area (Å²) in [5, 5.41) is 18.2. The predicted molar refractivity (Wildman–Crippen MR) is 89.7 cm³/mol. The first kappa shape index (κ1) is 15.8. The number of benzene rings is 2. The van der Waals surface area contributed by atoms with Crippen LogP contribution in [0.5, 0.6) is 0 Å². The Hall–Kier alpha value is -2.66. The van der Waals surface area contributed by atoms with Crippen molar-refractivity contribution in [2.45, 2.75) is 36.9 Å². The van der Waals surface area contributed by atoms with Crippen LogP contribution >= 0.6 is 0 Å². The normalized spacial score (nSPS) is 27.4. The molecule has 2 aliphatic rings. The first-order valence-corrected chi connectivity index (χ1v) is 8.36. The van der Waals surface area contributed by atoms with Crippen LogP contribution in [0.1, 0.15) is 57.5 Å². The van der Waals surface area contributed by atoms with E-state index in [0.717, 1.165) is 36.8 Å². The Morgan fingerprint density at radius 2 is 1.08 bits per heavy atom. The number of carboxylic acids is 2. The Bertz CT molecular complexity index is 768. The van der Waals surface area contributed by atoms with Crippen molar-refractivity contribution in [1.82, 2.24) is 0 Å². The number of hydrogen-bond donors (Lipinski definition) is 2. The maximum absolute atomic E-state index is 11.1. The molecule has 2 atom stereocenters. The van der Waals surface area contributed by atoms with Gasteiger partial charge in [0.1, 0.15) is 11.2 Å². The van der Waals surface area contributed by atoms with Crippen molar-refractivity contribution in [2.24, 2.45) is 0 Å². The molecular weight excluding hydrogens is 320 g/mol. The molecule has 0 radical (unpaired) electrons. The third-order valence-corrected chi connectivity index (χ3v) is 5.46. The van der Waals surface area contributed by atoms with E-state index >= 15 is 0 Å². The van der Waals surface area contributed by atoms with Crippen molar-refractivity contribution >= 4 is 11.9 Å². The molecule has 2 aromatic carbocycles. The molecule has 2 aromatic rings. The summed E-state index contributed by atoms with van der Waals surface area (Å²) in [7, 11) is 0. The van der Waals surface area contributed by atoms with Crippen molar-refractivity contribution in [1.29, 1.82) is 0 Å². The van der Waals surface area contributed by atoms with E-state index in [9.17, 15) is 9.59 Å². The molecule has 5 nitrogen and oxygen atoms in total. The van der Waals surface area contributed by atoms with E-state index in [-0.39, 0.29) is 11.1 Å². The smallest absolute Gasteiger partial charge is 0.335 e. The molecular formula is C20H18O5. The highest BCUT2D eigenvalue weighted by atomic mass is 16.6. The highest BCUT2D eigenvalue weighted by Crippen LogP contribution is 2.69. The van der Waals surface area contributed by atoms with Gasteiger partial charge in [0.25, 0.3) is 0 Å². The Kier molecular flexibility index (Phi) is 3.44. The molecule has 0 aromatic heterocycles. The highest BCUT2D eigenvalue weighted by Gasteiger charge is 2.71. The standard InChI is InChI=1S/C20H18O5/c21-17(22)13-3-7-15(8-4-13)19-11-1-2-12-20(19,25-19)16-9-5-14(6-10-16)18(23)24/h3-10H,1-2,11-12H2,(H,21,22)(H,23,24). The van der Waals surface area contributed by atoms with Gasteiger partial charge in [0.15, 0.2) is 0 Å². The number of aromatic carboxylic acids is 2. The van der Waals surface area contributed by atoms with Crippen molar-refractivity contribution in [3.05, 3.63) is 70.8 Å². The van der Waals surface area contributed by atoms with Crippen LogP contribution in [0.15, 0.2) is 48.5 Å². The molecule has 0 bridgehead atoms. The second-order valence-corrected chi connectivity index (χ2v) is 6.73. The highest BCUT2D eigenvalue weighted by molar-refractivity contribution is 5.88. The average molecular weight is 338 g/mol. The minimum absolute atomic E-state index is 0.257. The van der Waals surface area contributed by atoms with Crippen LogP contribution in [0.2, 0.25) is 0 Å². The number of fused-ring (bicyclic) bond motifs is 1. The summed E-state index contributed by atoms with van der Waals surface area (Å²) >= 11 is 0. The zero-order chi connectivity index (χ0) is 17.7. The summed E-state index contributed by atoms with van der Waals surface area (Å²) in [4.78, 5) is 22.1. The van der Waals surface area contributed by atoms with E-state index in [2.05, 4.69) is 0 Å². The maximum Gasteiger partial charge on any atom is 0.335 e. The maximum atomic E-state index is 11.1. The lowest BCUT2D eigenvalue weighted by Gasteiger charge is -2.26. The van der Waals surface area contributed by atoms with E-state index in [1.165, 1.54) is 0 Å². The van der Waals surface area contributed by atoms with Gasteiger partial charge in [-0.15, -0.1) is 0 Å². The van der Waals surface area contributed by atoms with Crippen LogP contribution in [0, 0.1) is 0 Å². The topological polar surface area (TPSA) is 87.1 Å². The minimum atomic E-state index is -0.945. The fraction of sp³-hybridized carbons (Fsp3) is 0.300. The first-order chi connectivity index (χ1) is 12.0. The minimum Gasteiger partial charge on any atom is -0.478 e. The van der Waals surface area contributed by atoms with Gasteiger partial charge < -0.3 is 14.9 Å². The van der Waals surface area contributed by atoms with Crippen LogP contribution in [0.3, 0.4) is 0 Å². The van der Waals surface area contributed by atoms with Crippen molar-refractivity contribution < 1.29 is 24.5 Å². The Morgan fingerprint density at radius 3 is 1.40 bits per heavy atom. The molecule has 0 spiro atoms. The Morgan fingerprint density at radius 1 is 0.720 bits per heavy atom. The monoisotopic (exact) mass is 338 g/mol. The van der Waals surface area contributed by atoms with Gasteiger partial charge >= 0.3 is 11.9 Å². The van der Waals surface area contributed by atoms with Gasteiger partial charge in [-0.05, 0) is 61.1 Å². The molecule has 1 aliphatic carbocycles. The summed E-state index contributed by atoms with van der Waals surface area (Å²) < 4.78 is 6.33. The van der Waals surface area contributed by atoms with E-state index in [1.807, 2.05) is 24.3 Å². The van der Waals surface area contributed by atoms with Crippen LogP contribution < -0.4 is 0 Å². The van der Waals surface area contributed by atoms with Crippen molar-refractivity contribution in [2.75, 3.05) is 0 Å². The van der Waals surface area contributed by atoms with E-state index in [4.69, 9.17) is 14.9 Å². The molecule has 2 unspecified atom stereocenters. The average Bonchev–Trinajstić information content (AvgIpc) is 3.34. The lowest BCUT2D eigenvalue weighted by atomic mass is 9.72. The molecule has 2 fully saturated rings. The molecule has 4 rings (SSSR count). The lowest BCUT2D eigenvalue weighted by Crippen LogP contribution is -2.26. The Balaban J connectivity index is 1.71. The van der Waals surface area contributed by atoms with Crippen LogP contribution in [-0.2, 0) is 15.9 Å². The third-order valence-electron chi connectivity index (χ3n) is 5.46. The molecule has 1 saturated heterocycles. The zero-order valence-corrected chi connectivity index (χ0v) is 13.6. The van der Waals surface area contributed by atoms with Gasteiger partial charge in [-0.1, -0.05) is 24.3 Å². The van der Waals surface area contributed by atoms with E-state index in [0.29, 0.717) is 0 Å². The van der Waals surface area contributed by atoms with Gasteiger partial charge in [-0.3, -0.25) is 0 Å². The number of ether oxygens (including phenoxy) is 1. The van der Waals surface area contributed by atoms with E-state index in [1.54, 1.807) is 24.3 Å². The number of carbonyl (C=O) groups is 2. The van der Waals surface area contributed by atoms with Crippen LogP contribution in [0.4, 0.5) is 0 Å². The van der Waals surface area contributed by atoms with Crippen molar-refractivity contribution in [3.63, 3.8) is 0 Å². The summed E-state index contributed by atoms with van der Waals surface area (Å²) in [5.41, 5.74) is 1.61. The van der Waals surface area contributed by atoms with Gasteiger partial charge in [0, 0.05) is 0 Å². The SMILES string of the molecule is O=C(O)c1ccc(C23CCCCC2(c2ccc(C(=O)O)cc2)O3)cc1. The zero-order valence-electron chi connectivity index (χ0n) is 13.6. The second kappa shape index (κ2) is 5.43. The van der Waals surface area contributed by atoms with Gasteiger partial charge in [0.05, 0.1) is 11.1 Å². The molecule has 2 N–H and O–H groups in total. The van der Waals surface area contributed by atoms with Gasteiger partial charge in [-0.25, -0.2) is 9.59 Å². The summed E-state index contributed by atoms with van der Waals surface area (Å²) in [5.74, 6) is -1.89. The summed E-state index contributed by atoms with van der Waals surface area (Å²) in [6.45, 7) is 0. The molecule has 128 valence electrons. The van der Waals surface area contributed by atoms with Crippen LogP contribution in [-0.4, -0.2) is 22.2 Å². The molecule has 1 heterocycles. The fourth-order valence-corrected chi connectivity index (χ4v) is 4.16. The van der Waals surface area contributed by atoms with Gasteiger partial charge in [-0.2, -0.15) is 0 Å². The lowest BCUT2D eigenvalue weighted by molar-refractivity contribution is 0.0686. The Labute approximate surface area is 144 Å². The van der Waals surface area contributed by atoms with Crippen molar-refractivity contribution in [3.8, 4) is 0 Å². The summed E-state index contributed by atoms with van der Waals surface area (Å²) in [6.07, 6.45) is 3.85. The largest absolute Gasteiger partial charge is 0.478 e. The number of carboxylic acid groups (broad SMARTS) is 2. The molecule has 5 heteroatoms. The quantitative estimate of drug-likeness (QED) is 0.829. The first-order valence-electron chi connectivity index (χ1n) is 8.36. The fourth-order valence-electron chi connectivity index (χ4n) is 4.16. The molecule has 25 heavy (non-hydrogen) atoms. The number of rotatable bonds is 4. The molecule has 1 aliphatic heterocycles. The molecule has 1 saturated carbocycles. The molecule has 0 amide bonds. The number of hydrogen-bond acceptors (Lipinski definition) is 3. The van der Waals surface area contributed by atoms with E-state index < -0.39 is 23.1 Å². The third kappa shape index (κ3) is 2.27. The number of epoxide rings is 1. The van der Waals surface area contributed by atoms with Crippen LogP contribution in [0.25, 0.3) is 0 Å². The summed E-state index contributed by atoms with van der Waals surface area (Å²) in [6, 6.07) is 13.8. The second-order valence-electron chi connectivity index (χ2n) is 6.73.